The van der Waals surface area contributed by atoms with E-state index in [1.54, 1.807) is 23.1 Å². The van der Waals surface area contributed by atoms with Crippen molar-refractivity contribution in [3.05, 3.63) is 53.6 Å². The molecule has 2 saturated heterocycles. The average molecular weight is 623 g/mol. The third kappa shape index (κ3) is 6.16. The second kappa shape index (κ2) is 11.4. The number of hydrogen-bond donors (Lipinski definition) is 2. The van der Waals surface area contributed by atoms with E-state index in [-0.39, 0.29) is 29.7 Å². The van der Waals surface area contributed by atoms with Crippen molar-refractivity contribution in [1.29, 1.82) is 0 Å². The van der Waals surface area contributed by atoms with Crippen molar-refractivity contribution < 1.29 is 13.2 Å². The third-order valence-electron chi connectivity index (χ3n) is 8.33. The van der Waals surface area contributed by atoms with E-state index in [9.17, 15) is 13.2 Å². The summed E-state index contributed by atoms with van der Waals surface area (Å²) in [5.41, 5.74) is 2.86. The SMILES string of the molecule is CC(C)c1ccc(N2C[C@H](CS(C)(=O)=O)[C@H]2C)c2cnc(Nc3ccnc(-c4cn(C[C@@H]5CCC(=O)N5)nc4Cl)n3)cc12. The van der Waals surface area contributed by atoms with E-state index in [2.05, 4.69) is 63.5 Å². The standard InChI is InChI=1S/C30H35ClN8O3S/c1-17(2)21-6-7-25(39-13-19(18(39)3)16-43(4,41)42)23-12-33-27(11-22(21)23)35-26-9-10-32-30(36-26)24-15-38(37-29(24)31)14-20-5-8-28(40)34-20/h6-7,9-12,15,17-20H,5,8,13-14,16H2,1-4H3,(H,34,40)(H,32,33,35,36)/t18-,19-,20+/m1/s1. The number of carbonyl (C=O) groups excluding carboxylic acids is 1. The van der Waals surface area contributed by atoms with E-state index < -0.39 is 9.84 Å². The van der Waals surface area contributed by atoms with E-state index in [1.807, 2.05) is 12.3 Å². The van der Waals surface area contributed by atoms with Crippen LogP contribution < -0.4 is 15.5 Å². The van der Waals surface area contributed by atoms with Crippen molar-refractivity contribution in [1.82, 2.24) is 30.0 Å². The normalized spacial score (nSPS) is 20.5. The molecular weight excluding hydrogens is 588 g/mol. The number of nitrogens with one attached hydrogen (secondary N) is 2. The molecule has 2 aliphatic heterocycles. The van der Waals surface area contributed by atoms with E-state index in [1.165, 1.54) is 11.8 Å². The molecule has 2 N–H and O–H groups in total. The molecule has 3 aromatic heterocycles. The molecule has 4 aromatic rings. The van der Waals surface area contributed by atoms with Crippen LogP contribution in [0.4, 0.5) is 17.3 Å². The van der Waals surface area contributed by atoms with Gasteiger partial charge in [-0.15, -0.1) is 0 Å². The van der Waals surface area contributed by atoms with Crippen LogP contribution in [0.2, 0.25) is 5.15 Å². The van der Waals surface area contributed by atoms with Crippen LogP contribution in [0.3, 0.4) is 0 Å². The molecule has 43 heavy (non-hydrogen) atoms. The molecule has 0 spiro atoms. The molecule has 0 saturated carbocycles. The van der Waals surface area contributed by atoms with Crippen LogP contribution in [0.5, 0.6) is 0 Å². The predicted molar refractivity (Wildman–Crippen MR) is 169 cm³/mol. The number of sulfone groups is 1. The Labute approximate surface area is 256 Å². The number of anilines is 3. The number of amides is 1. The summed E-state index contributed by atoms with van der Waals surface area (Å²) in [5, 5.41) is 13.1. The van der Waals surface area contributed by atoms with Crippen LogP contribution in [0.25, 0.3) is 22.2 Å². The number of nitrogens with zero attached hydrogens (tertiary/aromatic N) is 6. The lowest BCUT2D eigenvalue weighted by molar-refractivity contribution is -0.119. The van der Waals surface area contributed by atoms with Gasteiger partial charge < -0.3 is 15.5 Å². The molecule has 6 rings (SSSR count). The fourth-order valence-corrected chi connectivity index (χ4v) is 7.42. The summed E-state index contributed by atoms with van der Waals surface area (Å²) in [4.78, 5) is 27.6. The van der Waals surface area contributed by atoms with Gasteiger partial charge in [0.15, 0.2) is 11.0 Å². The van der Waals surface area contributed by atoms with Crippen LogP contribution in [0, 0.1) is 5.92 Å². The number of fused-ring (bicyclic) bond motifs is 1. The van der Waals surface area contributed by atoms with Gasteiger partial charge in [0, 0.05) is 66.9 Å². The number of carbonyl (C=O) groups is 1. The van der Waals surface area contributed by atoms with Crippen molar-refractivity contribution >= 4 is 55.4 Å². The van der Waals surface area contributed by atoms with E-state index in [0.29, 0.717) is 53.6 Å². The summed E-state index contributed by atoms with van der Waals surface area (Å²) in [5.74, 6) is 2.29. The first-order valence-corrected chi connectivity index (χ1v) is 16.9. The smallest absolute Gasteiger partial charge is 0.220 e. The molecule has 0 bridgehead atoms. The zero-order chi connectivity index (χ0) is 30.5. The monoisotopic (exact) mass is 622 g/mol. The Balaban J connectivity index is 1.25. The zero-order valence-corrected chi connectivity index (χ0v) is 26.2. The predicted octanol–water partition coefficient (Wildman–Crippen LogP) is 4.56. The zero-order valence-electron chi connectivity index (χ0n) is 24.6. The van der Waals surface area contributed by atoms with Crippen molar-refractivity contribution in [2.24, 2.45) is 5.92 Å². The van der Waals surface area contributed by atoms with Gasteiger partial charge in [0.2, 0.25) is 5.91 Å². The second-order valence-corrected chi connectivity index (χ2v) is 14.5. The topological polar surface area (TPSA) is 135 Å². The van der Waals surface area contributed by atoms with Gasteiger partial charge in [0.25, 0.3) is 0 Å². The van der Waals surface area contributed by atoms with Crippen molar-refractivity contribution in [3.63, 3.8) is 0 Å². The Morgan fingerprint density at radius 3 is 2.67 bits per heavy atom. The summed E-state index contributed by atoms with van der Waals surface area (Å²) >= 11 is 6.46. The highest BCUT2D eigenvalue weighted by Crippen LogP contribution is 2.39. The largest absolute Gasteiger partial charge is 0.368 e. The molecular formula is C30H35ClN8O3S. The third-order valence-corrected chi connectivity index (χ3v) is 9.64. The highest BCUT2D eigenvalue weighted by atomic mass is 35.5. The van der Waals surface area contributed by atoms with Gasteiger partial charge in [0.1, 0.15) is 21.5 Å². The van der Waals surface area contributed by atoms with Gasteiger partial charge in [-0.3, -0.25) is 9.48 Å². The maximum Gasteiger partial charge on any atom is 0.220 e. The van der Waals surface area contributed by atoms with Gasteiger partial charge in [-0.25, -0.2) is 23.4 Å². The lowest BCUT2D eigenvalue weighted by Crippen LogP contribution is -2.57. The number of pyridine rings is 1. The first kappa shape index (κ1) is 29.3. The Bertz CT molecular complexity index is 1810. The summed E-state index contributed by atoms with van der Waals surface area (Å²) < 4.78 is 25.5. The Kier molecular flexibility index (Phi) is 7.76. The Morgan fingerprint density at radius 1 is 1.16 bits per heavy atom. The van der Waals surface area contributed by atoms with Gasteiger partial charge in [-0.05, 0) is 48.4 Å². The van der Waals surface area contributed by atoms with Crippen LogP contribution in [-0.2, 0) is 21.2 Å². The number of hydrogen-bond acceptors (Lipinski definition) is 9. The van der Waals surface area contributed by atoms with E-state index in [0.717, 1.165) is 22.9 Å². The quantitative estimate of drug-likeness (QED) is 0.275. The van der Waals surface area contributed by atoms with Gasteiger partial charge in [-0.1, -0.05) is 31.5 Å². The van der Waals surface area contributed by atoms with Crippen LogP contribution in [-0.4, -0.2) is 69.7 Å². The minimum absolute atomic E-state index is 0.0266. The molecule has 1 aromatic carbocycles. The molecule has 2 fully saturated rings. The fourth-order valence-electron chi connectivity index (χ4n) is 6.03. The highest BCUT2D eigenvalue weighted by Gasteiger charge is 2.38. The van der Waals surface area contributed by atoms with Gasteiger partial charge >= 0.3 is 0 Å². The lowest BCUT2D eigenvalue weighted by Gasteiger charge is -2.48. The molecule has 226 valence electrons. The summed E-state index contributed by atoms with van der Waals surface area (Å²) in [6.07, 6.45) is 7.92. The molecule has 0 unspecified atom stereocenters. The summed E-state index contributed by atoms with van der Waals surface area (Å²) in [7, 11) is -3.03. The number of rotatable bonds is 9. The molecule has 1 amide bonds. The van der Waals surface area contributed by atoms with Crippen molar-refractivity contribution in [2.75, 3.05) is 28.8 Å². The summed E-state index contributed by atoms with van der Waals surface area (Å²) in [6, 6.07) is 8.23. The Morgan fingerprint density at radius 2 is 1.98 bits per heavy atom. The van der Waals surface area contributed by atoms with Crippen LogP contribution >= 0.6 is 11.6 Å². The average Bonchev–Trinajstić information content (AvgIpc) is 3.53. The van der Waals surface area contributed by atoms with Crippen LogP contribution in [0.1, 0.15) is 45.1 Å². The minimum Gasteiger partial charge on any atom is -0.368 e. The number of halogens is 1. The lowest BCUT2D eigenvalue weighted by atomic mass is 9.88. The molecule has 11 nitrogen and oxygen atoms in total. The van der Waals surface area contributed by atoms with E-state index >= 15 is 0 Å². The molecule has 5 heterocycles. The van der Waals surface area contributed by atoms with Gasteiger partial charge in [-0.2, -0.15) is 5.10 Å². The maximum atomic E-state index is 11.9. The maximum absolute atomic E-state index is 11.9. The molecule has 0 aliphatic carbocycles. The minimum atomic E-state index is -3.03. The number of benzene rings is 1. The molecule has 13 heteroatoms. The fraction of sp³-hybridized carbons (Fsp3) is 0.433. The first-order chi connectivity index (χ1) is 20.4. The van der Waals surface area contributed by atoms with Crippen molar-refractivity contribution in [3.8, 4) is 11.4 Å². The molecule has 3 atom stereocenters. The van der Waals surface area contributed by atoms with Crippen LogP contribution in [0.15, 0.2) is 42.9 Å². The molecule has 0 radical (unpaired) electrons. The molecule has 2 aliphatic rings. The number of aromatic nitrogens is 5. The van der Waals surface area contributed by atoms with Crippen molar-refractivity contribution in [2.45, 2.75) is 58.2 Å². The van der Waals surface area contributed by atoms with Gasteiger partial charge in [0.05, 0.1) is 17.9 Å². The van der Waals surface area contributed by atoms with E-state index in [4.69, 9.17) is 16.6 Å². The Hall–Kier alpha value is -3.77. The highest BCUT2D eigenvalue weighted by molar-refractivity contribution is 7.90. The first-order valence-electron chi connectivity index (χ1n) is 14.4. The second-order valence-electron chi connectivity index (χ2n) is 11.9. The summed E-state index contributed by atoms with van der Waals surface area (Å²) in [6.45, 7) is 7.64.